The molecule has 0 radical (unpaired) electrons. The number of nitrogens with zero attached hydrogens (tertiary/aromatic N) is 1. The molecule has 1 aromatic heterocycles. The van der Waals surface area contributed by atoms with Gasteiger partial charge < -0.3 is 18.8 Å². The zero-order valence-electron chi connectivity index (χ0n) is 20.3. The standard InChI is InChI=1S/C28H37NO4/c1-4-7-17-29-25-20-23(31-18-8-5-2)15-16-24(25)26(27(28(29)30)32-19-9-6-3)33-21-22-13-11-10-12-14-22/h10-16,20H,4-9,17-19,21H2,1-3H3. The number of hydrogen-bond donors (Lipinski definition) is 0. The van der Waals surface area contributed by atoms with E-state index in [0.29, 0.717) is 37.9 Å². The second kappa shape index (κ2) is 12.9. The van der Waals surface area contributed by atoms with Gasteiger partial charge in [0.15, 0.2) is 5.75 Å². The van der Waals surface area contributed by atoms with Crippen LogP contribution < -0.4 is 19.8 Å². The van der Waals surface area contributed by atoms with Gasteiger partial charge >= 0.3 is 0 Å². The maximum absolute atomic E-state index is 13.6. The summed E-state index contributed by atoms with van der Waals surface area (Å²) in [7, 11) is 0. The molecule has 178 valence electrons. The lowest BCUT2D eigenvalue weighted by atomic mass is 10.1. The fraction of sp³-hybridized carbons (Fsp3) is 0.464. The van der Waals surface area contributed by atoms with Crippen molar-refractivity contribution >= 4 is 10.9 Å². The first-order valence-electron chi connectivity index (χ1n) is 12.3. The van der Waals surface area contributed by atoms with Crippen molar-refractivity contribution in [1.82, 2.24) is 4.57 Å². The fourth-order valence-electron chi connectivity index (χ4n) is 3.66. The highest BCUT2D eigenvalue weighted by Crippen LogP contribution is 2.35. The minimum absolute atomic E-state index is 0.138. The molecule has 0 unspecified atom stereocenters. The van der Waals surface area contributed by atoms with E-state index in [0.717, 1.165) is 60.7 Å². The van der Waals surface area contributed by atoms with Gasteiger partial charge in [-0.25, -0.2) is 0 Å². The van der Waals surface area contributed by atoms with E-state index in [-0.39, 0.29) is 5.56 Å². The second-order valence-electron chi connectivity index (χ2n) is 8.33. The van der Waals surface area contributed by atoms with E-state index in [9.17, 15) is 4.79 Å². The smallest absolute Gasteiger partial charge is 0.297 e. The predicted octanol–water partition coefficient (Wildman–Crippen LogP) is 6.74. The van der Waals surface area contributed by atoms with Crippen molar-refractivity contribution in [3.05, 3.63) is 64.4 Å². The average molecular weight is 452 g/mol. The minimum atomic E-state index is -0.138. The molecule has 3 aromatic rings. The van der Waals surface area contributed by atoms with E-state index < -0.39 is 0 Å². The number of ether oxygens (including phenoxy) is 3. The van der Waals surface area contributed by atoms with Gasteiger partial charge in [0.2, 0.25) is 5.75 Å². The van der Waals surface area contributed by atoms with Crippen molar-refractivity contribution in [1.29, 1.82) is 0 Å². The number of aryl methyl sites for hydroxylation is 1. The normalized spacial score (nSPS) is 11.0. The SMILES string of the molecule is CCCCOc1ccc2c(OCc3ccccc3)c(OCCCC)c(=O)n(CCCC)c2c1. The third-order valence-electron chi connectivity index (χ3n) is 5.62. The molecule has 0 amide bonds. The number of benzene rings is 2. The number of hydrogen-bond acceptors (Lipinski definition) is 4. The van der Waals surface area contributed by atoms with Crippen LogP contribution in [-0.4, -0.2) is 17.8 Å². The molecule has 3 rings (SSSR count). The molecule has 0 bridgehead atoms. The van der Waals surface area contributed by atoms with Crippen LogP contribution >= 0.6 is 0 Å². The van der Waals surface area contributed by atoms with Gasteiger partial charge in [0.25, 0.3) is 5.56 Å². The zero-order valence-corrected chi connectivity index (χ0v) is 20.3. The number of pyridine rings is 1. The van der Waals surface area contributed by atoms with Gasteiger partial charge in [-0.3, -0.25) is 4.79 Å². The van der Waals surface area contributed by atoms with E-state index in [4.69, 9.17) is 14.2 Å². The Hall–Kier alpha value is -2.95. The van der Waals surface area contributed by atoms with Gasteiger partial charge in [-0.15, -0.1) is 0 Å². The Morgan fingerprint density at radius 2 is 1.45 bits per heavy atom. The molecule has 0 atom stereocenters. The van der Waals surface area contributed by atoms with Crippen molar-refractivity contribution < 1.29 is 14.2 Å². The Morgan fingerprint density at radius 1 is 0.758 bits per heavy atom. The lowest BCUT2D eigenvalue weighted by Gasteiger charge is -2.19. The lowest BCUT2D eigenvalue weighted by Crippen LogP contribution is -2.24. The molecule has 0 aliphatic rings. The summed E-state index contributed by atoms with van der Waals surface area (Å²) >= 11 is 0. The Labute approximate surface area is 197 Å². The van der Waals surface area contributed by atoms with E-state index in [2.05, 4.69) is 20.8 Å². The van der Waals surface area contributed by atoms with Crippen molar-refractivity contribution in [2.45, 2.75) is 72.4 Å². The third kappa shape index (κ3) is 6.53. The Bertz CT molecular complexity index is 1060. The van der Waals surface area contributed by atoms with Crippen LogP contribution in [0, 0.1) is 0 Å². The highest BCUT2D eigenvalue weighted by molar-refractivity contribution is 5.89. The molecule has 5 heteroatoms. The molecule has 2 aromatic carbocycles. The van der Waals surface area contributed by atoms with Crippen LogP contribution in [0.4, 0.5) is 0 Å². The maximum atomic E-state index is 13.6. The van der Waals surface area contributed by atoms with Gasteiger partial charge in [0.1, 0.15) is 12.4 Å². The summed E-state index contributed by atoms with van der Waals surface area (Å²) in [6.07, 6.45) is 5.86. The average Bonchev–Trinajstić information content (AvgIpc) is 2.84. The number of aromatic nitrogens is 1. The summed E-state index contributed by atoms with van der Waals surface area (Å²) in [5, 5.41) is 0.871. The summed E-state index contributed by atoms with van der Waals surface area (Å²) in [5.41, 5.74) is 1.73. The molecule has 0 saturated heterocycles. The number of fused-ring (bicyclic) bond motifs is 1. The molecule has 0 aliphatic carbocycles. The van der Waals surface area contributed by atoms with Gasteiger partial charge in [-0.2, -0.15) is 0 Å². The minimum Gasteiger partial charge on any atom is -0.494 e. The summed E-state index contributed by atoms with van der Waals surface area (Å²) in [5.74, 6) is 1.60. The van der Waals surface area contributed by atoms with E-state index in [1.54, 1.807) is 0 Å². The van der Waals surface area contributed by atoms with E-state index in [1.165, 1.54) is 0 Å². The van der Waals surface area contributed by atoms with Crippen molar-refractivity contribution in [2.75, 3.05) is 13.2 Å². The molecule has 33 heavy (non-hydrogen) atoms. The molecule has 5 nitrogen and oxygen atoms in total. The largest absolute Gasteiger partial charge is 0.494 e. The van der Waals surface area contributed by atoms with Gasteiger partial charge in [-0.05, 0) is 37.0 Å². The maximum Gasteiger partial charge on any atom is 0.297 e. The molecule has 0 spiro atoms. The molecular formula is C28H37NO4. The fourth-order valence-corrected chi connectivity index (χ4v) is 3.66. The molecule has 0 fully saturated rings. The molecule has 0 aliphatic heterocycles. The summed E-state index contributed by atoms with van der Waals surface area (Å²) in [6, 6.07) is 15.9. The molecular weight excluding hydrogens is 414 g/mol. The van der Waals surface area contributed by atoms with Crippen molar-refractivity contribution in [3.63, 3.8) is 0 Å². The van der Waals surface area contributed by atoms with E-state index >= 15 is 0 Å². The molecule has 1 heterocycles. The summed E-state index contributed by atoms with van der Waals surface area (Å²) in [4.78, 5) is 13.6. The first-order valence-corrected chi connectivity index (χ1v) is 12.3. The molecule has 0 saturated carbocycles. The highest BCUT2D eigenvalue weighted by Gasteiger charge is 2.20. The van der Waals surface area contributed by atoms with Crippen LogP contribution in [0.3, 0.4) is 0 Å². The lowest BCUT2D eigenvalue weighted by molar-refractivity contribution is 0.257. The van der Waals surface area contributed by atoms with Crippen LogP contribution in [0.1, 0.15) is 64.9 Å². The second-order valence-corrected chi connectivity index (χ2v) is 8.33. The van der Waals surface area contributed by atoms with Crippen LogP contribution in [0.25, 0.3) is 10.9 Å². The summed E-state index contributed by atoms with van der Waals surface area (Å²) in [6.45, 7) is 8.53. The third-order valence-corrected chi connectivity index (χ3v) is 5.62. The Kier molecular flexibility index (Phi) is 9.67. The topological polar surface area (TPSA) is 49.7 Å². The van der Waals surface area contributed by atoms with Crippen molar-refractivity contribution in [2.24, 2.45) is 0 Å². The Balaban J connectivity index is 2.09. The van der Waals surface area contributed by atoms with E-state index in [1.807, 2.05) is 53.1 Å². The zero-order chi connectivity index (χ0) is 23.5. The highest BCUT2D eigenvalue weighted by atomic mass is 16.5. The van der Waals surface area contributed by atoms with Gasteiger partial charge in [0.05, 0.1) is 18.7 Å². The molecule has 0 N–H and O–H groups in total. The monoisotopic (exact) mass is 451 g/mol. The van der Waals surface area contributed by atoms with Crippen LogP contribution in [-0.2, 0) is 13.2 Å². The number of unbranched alkanes of at least 4 members (excludes halogenated alkanes) is 3. The first kappa shape index (κ1) is 24.7. The van der Waals surface area contributed by atoms with Gasteiger partial charge in [0, 0.05) is 18.0 Å². The van der Waals surface area contributed by atoms with Crippen molar-refractivity contribution in [3.8, 4) is 17.2 Å². The van der Waals surface area contributed by atoms with Crippen LogP contribution in [0.15, 0.2) is 53.3 Å². The van der Waals surface area contributed by atoms with Crippen LogP contribution in [0.2, 0.25) is 0 Å². The quantitative estimate of drug-likeness (QED) is 0.255. The summed E-state index contributed by atoms with van der Waals surface area (Å²) < 4.78 is 20.1. The first-order chi connectivity index (χ1) is 16.2. The number of rotatable bonds is 14. The van der Waals surface area contributed by atoms with Gasteiger partial charge in [-0.1, -0.05) is 70.4 Å². The Morgan fingerprint density at radius 3 is 2.15 bits per heavy atom. The van der Waals surface area contributed by atoms with Crippen LogP contribution in [0.5, 0.6) is 17.2 Å². The predicted molar refractivity (Wildman–Crippen MR) is 135 cm³/mol.